The molecule has 2 rings (SSSR count). The lowest BCUT2D eigenvalue weighted by molar-refractivity contribution is 0.199. The number of likely N-dealkylation sites (tertiary alicyclic amines) is 1. The van der Waals surface area contributed by atoms with Gasteiger partial charge in [0, 0.05) is 38.3 Å². The van der Waals surface area contributed by atoms with Crippen molar-refractivity contribution >= 4 is 21.6 Å². The highest BCUT2D eigenvalue weighted by molar-refractivity contribution is 7.88. The van der Waals surface area contributed by atoms with E-state index in [9.17, 15) is 8.42 Å². The summed E-state index contributed by atoms with van der Waals surface area (Å²) in [6.45, 7) is 4.58. The Labute approximate surface area is 131 Å². The Hall–Kier alpha value is -0.630. The average Bonchev–Trinajstić information content (AvgIpc) is 2.67. The van der Waals surface area contributed by atoms with Crippen LogP contribution in [0.15, 0.2) is 0 Å². The first kappa shape index (κ1) is 16.7. The monoisotopic (exact) mass is 334 g/mol. The quantitative estimate of drug-likeness (QED) is 0.877. The molecule has 8 heteroatoms. The number of piperidine rings is 1. The number of nitrogens with zero attached hydrogens (tertiary/aromatic N) is 3. The molecule has 2 heterocycles. The highest BCUT2D eigenvalue weighted by atomic mass is 35.5. The summed E-state index contributed by atoms with van der Waals surface area (Å²) < 4.78 is 26.9. The van der Waals surface area contributed by atoms with Gasteiger partial charge in [0.1, 0.15) is 5.15 Å². The molecule has 1 aromatic heterocycles. The van der Waals surface area contributed by atoms with Crippen LogP contribution in [0.2, 0.25) is 5.15 Å². The summed E-state index contributed by atoms with van der Waals surface area (Å²) >= 11 is 6.31. The summed E-state index contributed by atoms with van der Waals surface area (Å²) in [5.41, 5.74) is 2.13. The molecule has 1 aromatic rings. The van der Waals surface area contributed by atoms with Crippen LogP contribution in [-0.2, 0) is 30.0 Å². The fraction of sp³-hybridized carbons (Fsp3) is 0.769. The van der Waals surface area contributed by atoms with Gasteiger partial charge < -0.3 is 0 Å². The van der Waals surface area contributed by atoms with E-state index >= 15 is 0 Å². The predicted octanol–water partition coefficient (Wildman–Crippen LogP) is 1.15. The van der Waals surface area contributed by atoms with Gasteiger partial charge in [-0.3, -0.25) is 9.58 Å². The predicted molar refractivity (Wildman–Crippen MR) is 83.9 cm³/mol. The number of hydrogen-bond donors (Lipinski definition) is 1. The number of nitrogens with one attached hydrogen (secondary N) is 1. The molecule has 1 aliphatic heterocycles. The lowest BCUT2D eigenvalue weighted by Crippen LogP contribution is -2.44. The van der Waals surface area contributed by atoms with Gasteiger partial charge in [-0.25, -0.2) is 13.1 Å². The van der Waals surface area contributed by atoms with Gasteiger partial charge in [-0.1, -0.05) is 18.5 Å². The minimum absolute atomic E-state index is 0.0475. The molecule has 0 aliphatic carbocycles. The summed E-state index contributed by atoms with van der Waals surface area (Å²) in [5.74, 6) is 0. The van der Waals surface area contributed by atoms with E-state index in [2.05, 4.69) is 21.6 Å². The molecule has 6 nitrogen and oxygen atoms in total. The number of aryl methyl sites for hydroxylation is 2. The Morgan fingerprint density at radius 3 is 2.52 bits per heavy atom. The first-order chi connectivity index (χ1) is 9.80. The summed E-state index contributed by atoms with van der Waals surface area (Å²) in [5, 5.41) is 5.12. The van der Waals surface area contributed by atoms with Crippen LogP contribution < -0.4 is 4.72 Å². The molecular weight excluding hydrogens is 312 g/mol. The highest BCUT2D eigenvalue weighted by Crippen LogP contribution is 2.23. The minimum atomic E-state index is -3.12. The normalized spacial score (nSPS) is 18.3. The van der Waals surface area contributed by atoms with Crippen molar-refractivity contribution in [3.8, 4) is 0 Å². The van der Waals surface area contributed by atoms with Gasteiger partial charge in [0.15, 0.2) is 0 Å². The van der Waals surface area contributed by atoms with Gasteiger partial charge in [-0.15, -0.1) is 0 Å². The van der Waals surface area contributed by atoms with Crippen LogP contribution in [-0.4, -0.2) is 48.5 Å². The van der Waals surface area contributed by atoms with Crippen LogP contribution >= 0.6 is 11.6 Å². The maximum Gasteiger partial charge on any atom is 0.208 e. The van der Waals surface area contributed by atoms with E-state index in [0.717, 1.165) is 50.2 Å². The third-order valence-electron chi connectivity index (χ3n) is 3.84. The molecule has 21 heavy (non-hydrogen) atoms. The fourth-order valence-corrected chi connectivity index (χ4v) is 3.82. The van der Waals surface area contributed by atoms with Crippen molar-refractivity contribution in [1.29, 1.82) is 0 Å². The Bertz CT molecular complexity index is 592. The van der Waals surface area contributed by atoms with Crippen molar-refractivity contribution in [3.63, 3.8) is 0 Å². The fourth-order valence-electron chi connectivity index (χ4n) is 2.78. The first-order valence-electron chi connectivity index (χ1n) is 7.20. The lowest BCUT2D eigenvalue weighted by atomic mass is 10.1. The molecule has 0 spiro atoms. The average molecular weight is 335 g/mol. The highest BCUT2D eigenvalue weighted by Gasteiger charge is 2.23. The van der Waals surface area contributed by atoms with E-state index in [1.807, 2.05) is 7.05 Å². The second kappa shape index (κ2) is 6.64. The van der Waals surface area contributed by atoms with E-state index in [-0.39, 0.29) is 6.04 Å². The van der Waals surface area contributed by atoms with Crippen molar-refractivity contribution in [3.05, 3.63) is 16.4 Å². The second-order valence-electron chi connectivity index (χ2n) is 5.63. The molecule has 120 valence electrons. The number of rotatable bonds is 5. The number of halogens is 1. The molecule has 0 aromatic carbocycles. The molecule has 0 unspecified atom stereocenters. The third kappa shape index (κ3) is 4.42. The third-order valence-corrected chi connectivity index (χ3v) is 5.07. The second-order valence-corrected chi connectivity index (χ2v) is 7.77. The summed E-state index contributed by atoms with van der Waals surface area (Å²) in [4.78, 5) is 2.31. The van der Waals surface area contributed by atoms with Gasteiger partial charge in [0.2, 0.25) is 10.0 Å². The van der Waals surface area contributed by atoms with Crippen LogP contribution in [0.4, 0.5) is 0 Å². The lowest BCUT2D eigenvalue weighted by Gasteiger charge is -2.31. The van der Waals surface area contributed by atoms with Gasteiger partial charge in [-0.2, -0.15) is 5.10 Å². The van der Waals surface area contributed by atoms with Crippen molar-refractivity contribution in [1.82, 2.24) is 19.4 Å². The van der Waals surface area contributed by atoms with Crippen molar-refractivity contribution in [2.45, 2.75) is 38.8 Å². The van der Waals surface area contributed by atoms with Gasteiger partial charge in [0.25, 0.3) is 0 Å². The number of aromatic nitrogens is 2. The van der Waals surface area contributed by atoms with E-state index in [1.165, 1.54) is 6.26 Å². The molecule has 1 aliphatic rings. The molecule has 1 N–H and O–H groups in total. The molecule has 0 atom stereocenters. The van der Waals surface area contributed by atoms with Crippen LogP contribution in [0, 0.1) is 0 Å². The van der Waals surface area contributed by atoms with Crippen molar-refractivity contribution in [2.24, 2.45) is 7.05 Å². The number of sulfonamides is 1. The molecular formula is C13H23ClN4O2S. The molecule has 1 fully saturated rings. The van der Waals surface area contributed by atoms with E-state index in [1.54, 1.807) is 4.68 Å². The van der Waals surface area contributed by atoms with Gasteiger partial charge >= 0.3 is 0 Å². The van der Waals surface area contributed by atoms with E-state index in [4.69, 9.17) is 11.6 Å². The van der Waals surface area contributed by atoms with Crippen LogP contribution in [0.25, 0.3) is 0 Å². The van der Waals surface area contributed by atoms with E-state index in [0.29, 0.717) is 5.15 Å². The zero-order valence-electron chi connectivity index (χ0n) is 12.8. The Balaban J connectivity index is 1.95. The summed E-state index contributed by atoms with van der Waals surface area (Å²) in [6, 6.07) is 0.0475. The Morgan fingerprint density at radius 1 is 1.38 bits per heavy atom. The summed E-state index contributed by atoms with van der Waals surface area (Å²) in [6.07, 6.45) is 3.73. The summed E-state index contributed by atoms with van der Waals surface area (Å²) in [7, 11) is -1.26. The van der Waals surface area contributed by atoms with Crippen molar-refractivity contribution in [2.75, 3.05) is 19.3 Å². The molecule has 0 saturated carbocycles. The van der Waals surface area contributed by atoms with Gasteiger partial charge in [-0.05, 0) is 19.3 Å². The Kier molecular flexibility index (Phi) is 5.29. The molecule has 0 radical (unpaired) electrons. The largest absolute Gasteiger partial charge is 0.299 e. The van der Waals surface area contributed by atoms with Crippen LogP contribution in [0.1, 0.15) is 31.0 Å². The Morgan fingerprint density at radius 2 is 2.00 bits per heavy atom. The molecule has 1 saturated heterocycles. The zero-order chi connectivity index (χ0) is 15.6. The molecule has 0 bridgehead atoms. The maximum atomic E-state index is 11.2. The van der Waals surface area contributed by atoms with Crippen molar-refractivity contribution < 1.29 is 8.42 Å². The SMILES string of the molecule is CCc1nn(C)c(Cl)c1CN1CCC(NS(C)(=O)=O)CC1. The molecule has 0 amide bonds. The number of hydrogen-bond acceptors (Lipinski definition) is 4. The van der Waals surface area contributed by atoms with Gasteiger partial charge in [0.05, 0.1) is 11.9 Å². The standard InChI is InChI=1S/C13H23ClN4O2S/c1-4-12-11(13(14)17(2)15-12)9-18-7-5-10(6-8-18)16-21(3,19)20/h10,16H,4-9H2,1-3H3. The first-order valence-corrected chi connectivity index (χ1v) is 9.47. The minimum Gasteiger partial charge on any atom is -0.299 e. The van der Waals surface area contributed by atoms with Crippen LogP contribution in [0.3, 0.4) is 0 Å². The maximum absolute atomic E-state index is 11.2. The topological polar surface area (TPSA) is 67.2 Å². The smallest absolute Gasteiger partial charge is 0.208 e. The van der Waals surface area contributed by atoms with Crippen LogP contribution in [0.5, 0.6) is 0 Å². The van der Waals surface area contributed by atoms with E-state index < -0.39 is 10.0 Å². The zero-order valence-corrected chi connectivity index (χ0v) is 14.3.